The van der Waals surface area contributed by atoms with Crippen LogP contribution in [0.2, 0.25) is 0 Å². The molecule has 4 heteroatoms. The van der Waals surface area contributed by atoms with Crippen molar-refractivity contribution in [3.63, 3.8) is 0 Å². The highest BCUT2D eigenvalue weighted by molar-refractivity contribution is 5.80. The number of hydrogen-bond donors (Lipinski definition) is 0. The van der Waals surface area contributed by atoms with Crippen LogP contribution in [-0.4, -0.2) is 34.5 Å². The van der Waals surface area contributed by atoms with Crippen LogP contribution in [0.4, 0.5) is 0 Å². The van der Waals surface area contributed by atoms with Gasteiger partial charge < -0.3 is 9.64 Å². The molecule has 1 fully saturated rings. The zero-order chi connectivity index (χ0) is 13.3. The smallest absolute Gasteiger partial charge is 0.308 e. The van der Waals surface area contributed by atoms with Gasteiger partial charge in [0.05, 0.1) is 6.42 Å². The molecule has 0 atom stereocenters. The van der Waals surface area contributed by atoms with Crippen molar-refractivity contribution in [2.24, 2.45) is 0 Å². The molecule has 1 heterocycles. The Morgan fingerprint density at radius 2 is 2.00 bits per heavy atom. The van der Waals surface area contributed by atoms with Crippen LogP contribution in [0, 0.1) is 0 Å². The molecular formula is C13H23NO3. The Balaban J connectivity index is 2.45. The standard InChI is InChI=1S/C13H23NO3/c1-12(2,3)17-11(16)7-9-14-10(15)6-8-13(14,4)5/h6-9H2,1-5H3. The lowest BCUT2D eigenvalue weighted by atomic mass is 10.0. The van der Waals surface area contributed by atoms with Gasteiger partial charge in [-0.05, 0) is 41.0 Å². The number of hydrogen-bond acceptors (Lipinski definition) is 3. The van der Waals surface area contributed by atoms with Crippen molar-refractivity contribution < 1.29 is 14.3 Å². The summed E-state index contributed by atoms with van der Waals surface area (Å²) in [5.74, 6) is -0.105. The van der Waals surface area contributed by atoms with Crippen molar-refractivity contribution in [3.05, 3.63) is 0 Å². The minimum absolute atomic E-state index is 0.126. The number of amides is 1. The summed E-state index contributed by atoms with van der Waals surface area (Å²) >= 11 is 0. The fraction of sp³-hybridized carbons (Fsp3) is 0.846. The van der Waals surface area contributed by atoms with E-state index in [1.54, 1.807) is 4.90 Å². The lowest BCUT2D eigenvalue weighted by Gasteiger charge is -2.31. The predicted octanol–water partition coefficient (Wildman–Crippen LogP) is 2.12. The van der Waals surface area contributed by atoms with Crippen molar-refractivity contribution in [1.29, 1.82) is 0 Å². The molecular weight excluding hydrogens is 218 g/mol. The summed E-state index contributed by atoms with van der Waals surface area (Å²) in [6.07, 6.45) is 1.72. The second-order valence-electron chi connectivity index (χ2n) is 6.19. The molecule has 1 aliphatic rings. The van der Waals surface area contributed by atoms with Crippen molar-refractivity contribution >= 4 is 11.9 Å². The van der Waals surface area contributed by atoms with Crippen LogP contribution in [0.15, 0.2) is 0 Å². The van der Waals surface area contributed by atoms with E-state index in [0.717, 1.165) is 6.42 Å². The summed E-state index contributed by atoms with van der Waals surface area (Å²) in [4.78, 5) is 25.0. The molecule has 1 saturated heterocycles. The van der Waals surface area contributed by atoms with Gasteiger partial charge in [0.1, 0.15) is 5.60 Å². The van der Waals surface area contributed by atoms with E-state index in [0.29, 0.717) is 13.0 Å². The highest BCUT2D eigenvalue weighted by Gasteiger charge is 2.37. The average molecular weight is 241 g/mol. The summed E-state index contributed by atoms with van der Waals surface area (Å²) in [5, 5.41) is 0. The van der Waals surface area contributed by atoms with Crippen LogP contribution in [0.1, 0.15) is 53.9 Å². The molecule has 0 unspecified atom stereocenters. The molecule has 0 N–H and O–H groups in total. The number of nitrogens with zero attached hydrogens (tertiary/aromatic N) is 1. The maximum absolute atomic E-state index is 11.7. The van der Waals surface area contributed by atoms with Gasteiger partial charge >= 0.3 is 5.97 Å². The first-order valence-corrected chi connectivity index (χ1v) is 6.14. The molecule has 1 amide bonds. The quantitative estimate of drug-likeness (QED) is 0.711. The molecule has 1 aliphatic heterocycles. The van der Waals surface area contributed by atoms with Crippen LogP contribution in [0.5, 0.6) is 0 Å². The maximum Gasteiger partial charge on any atom is 0.308 e. The van der Waals surface area contributed by atoms with Gasteiger partial charge in [-0.1, -0.05) is 0 Å². The first kappa shape index (κ1) is 14.0. The molecule has 1 rings (SSSR count). The molecule has 17 heavy (non-hydrogen) atoms. The van der Waals surface area contributed by atoms with E-state index in [1.807, 2.05) is 34.6 Å². The van der Waals surface area contributed by atoms with Crippen LogP contribution in [-0.2, 0) is 14.3 Å². The van der Waals surface area contributed by atoms with Crippen molar-refractivity contribution in [3.8, 4) is 0 Å². The molecule has 0 spiro atoms. The molecule has 0 aliphatic carbocycles. The molecule has 0 aromatic rings. The summed E-state index contributed by atoms with van der Waals surface area (Å²) in [6.45, 7) is 10.1. The third kappa shape index (κ3) is 4.02. The summed E-state index contributed by atoms with van der Waals surface area (Å²) in [6, 6.07) is 0. The molecule has 98 valence electrons. The second-order valence-corrected chi connectivity index (χ2v) is 6.19. The Bertz CT molecular complexity index is 315. The van der Waals surface area contributed by atoms with Gasteiger partial charge in [0.15, 0.2) is 0 Å². The molecule has 0 bridgehead atoms. The van der Waals surface area contributed by atoms with Gasteiger partial charge in [0.25, 0.3) is 0 Å². The number of rotatable bonds is 3. The van der Waals surface area contributed by atoms with E-state index < -0.39 is 5.60 Å². The van der Waals surface area contributed by atoms with E-state index in [1.165, 1.54) is 0 Å². The second kappa shape index (κ2) is 4.67. The van der Waals surface area contributed by atoms with Gasteiger partial charge in [-0.25, -0.2) is 0 Å². The van der Waals surface area contributed by atoms with Gasteiger partial charge in [-0.3, -0.25) is 9.59 Å². The fourth-order valence-electron chi connectivity index (χ4n) is 2.04. The number of ether oxygens (including phenoxy) is 1. The maximum atomic E-state index is 11.7. The van der Waals surface area contributed by atoms with E-state index in [4.69, 9.17) is 4.74 Å². The molecule has 0 saturated carbocycles. The summed E-state index contributed by atoms with van der Waals surface area (Å²) < 4.78 is 5.22. The van der Waals surface area contributed by atoms with Crippen LogP contribution in [0.25, 0.3) is 0 Å². The Morgan fingerprint density at radius 1 is 1.41 bits per heavy atom. The van der Waals surface area contributed by atoms with Crippen LogP contribution >= 0.6 is 0 Å². The number of likely N-dealkylation sites (tertiary alicyclic amines) is 1. The lowest BCUT2D eigenvalue weighted by Crippen LogP contribution is -2.42. The predicted molar refractivity (Wildman–Crippen MR) is 65.5 cm³/mol. The monoisotopic (exact) mass is 241 g/mol. The number of carbonyl (C=O) groups excluding carboxylic acids is 2. The largest absolute Gasteiger partial charge is 0.460 e. The fourth-order valence-corrected chi connectivity index (χ4v) is 2.04. The molecule has 0 radical (unpaired) electrons. The van der Waals surface area contributed by atoms with E-state index in [-0.39, 0.29) is 23.8 Å². The first-order chi connectivity index (χ1) is 7.62. The van der Waals surface area contributed by atoms with E-state index in [9.17, 15) is 9.59 Å². The zero-order valence-corrected chi connectivity index (χ0v) is 11.5. The highest BCUT2D eigenvalue weighted by Crippen LogP contribution is 2.29. The Morgan fingerprint density at radius 3 is 2.41 bits per heavy atom. The summed E-state index contributed by atoms with van der Waals surface area (Å²) in [5.41, 5.74) is -0.583. The van der Waals surface area contributed by atoms with Gasteiger partial charge in [-0.15, -0.1) is 0 Å². The SMILES string of the molecule is CC(C)(C)OC(=O)CCN1C(=O)CCC1(C)C. The van der Waals surface area contributed by atoms with Gasteiger partial charge in [0, 0.05) is 18.5 Å². The molecule has 0 aromatic heterocycles. The Kier molecular flexibility index (Phi) is 3.84. The van der Waals surface area contributed by atoms with E-state index in [2.05, 4.69) is 0 Å². The minimum Gasteiger partial charge on any atom is -0.460 e. The minimum atomic E-state index is -0.457. The van der Waals surface area contributed by atoms with Gasteiger partial charge in [-0.2, -0.15) is 0 Å². The number of carbonyl (C=O) groups is 2. The number of esters is 1. The van der Waals surface area contributed by atoms with Crippen LogP contribution < -0.4 is 0 Å². The zero-order valence-electron chi connectivity index (χ0n) is 11.5. The lowest BCUT2D eigenvalue weighted by molar-refractivity contribution is -0.155. The average Bonchev–Trinajstić information content (AvgIpc) is 2.35. The normalized spacial score (nSPS) is 19.6. The third-order valence-electron chi connectivity index (χ3n) is 2.94. The van der Waals surface area contributed by atoms with E-state index >= 15 is 0 Å². The highest BCUT2D eigenvalue weighted by atomic mass is 16.6. The Labute approximate surface area is 103 Å². The van der Waals surface area contributed by atoms with Crippen molar-refractivity contribution in [2.45, 2.75) is 65.0 Å². The first-order valence-electron chi connectivity index (χ1n) is 6.14. The Hall–Kier alpha value is -1.06. The third-order valence-corrected chi connectivity index (χ3v) is 2.94. The van der Waals surface area contributed by atoms with Crippen molar-refractivity contribution in [1.82, 2.24) is 4.90 Å². The topological polar surface area (TPSA) is 46.6 Å². The summed E-state index contributed by atoms with van der Waals surface area (Å²) in [7, 11) is 0. The van der Waals surface area contributed by atoms with Crippen LogP contribution in [0.3, 0.4) is 0 Å². The van der Waals surface area contributed by atoms with Gasteiger partial charge in [0.2, 0.25) is 5.91 Å². The molecule has 0 aromatic carbocycles. The van der Waals surface area contributed by atoms with Crippen molar-refractivity contribution in [2.75, 3.05) is 6.54 Å². The molecule has 4 nitrogen and oxygen atoms in total.